The van der Waals surface area contributed by atoms with E-state index in [1.54, 1.807) is 0 Å². The summed E-state index contributed by atoms with van der Waals surface area (Å²) in [5, 5.41) is 3.08. The molecule has 0 aliphatic carbocycles. The van der Waals surface area contributed by atoms with Crippen molar-refractivity contribution in [1.29, 1.82) is 0 Å². The van der Waals surface area contributed by atoms with Gasteiger partial charge in [0.05, 0.1) is 0 Å². The Bertz CT molecular complexity index is 435. The van der Waals surface area contributed by atoms with Crippen LogP contribution in [0.5, 0.6) is 0 Å². The molecule has 1 N–H and O–H groups in total. The van der Waals surface area contributed by atoms with Crippen LogP contribution in [0.15, 0.2) is 24.3 Å². The number of amides is 1. The highest BCUT2D eigenvalue weighted by Crippen LogP contribution is 2.10. The Morgan fingerprint density at radius 3 is 2.14 bits per heavy atom. The molecular weight excluding hydrogens is 272 g/mol. The molecule has 1 rings (SSSR count). The lowest BCUT2D eigenvalue weighted by Gasteiger charge is -2.18. The Hall–Kier alpha value is -1.35. The molecule has 1 aromatic carbocycles. The highest BCUT2D eigenvalue weighted by molar-refractivity contribution is 5.94. The Morgan fingerprint density at radius 2 is 1.64 bits per heavy atom. The highest BCUT2D eigenvalue weighted by Gasteiger charge is 2.10. The number of hydrogen-bond acceptors (Lipinski definition) is 2. The van der Waals surface area contributed by atoms with Crippen LogP contribution >= 0.6 is 0 Å². The molecule has 1 atom stereocenters. The van der Waals surface area contributed by atoms with Crippen molar-refractivity contribution >= 4 is 5.91 Å². The fraction of sp³-hybridized carbons (Fsp3) is 0.632. The van der Waals surface area contributed by atoms with Crippen molar-refractivity contribution in [2.45, 2.75) is 60.0 Å². The molecule has 1 aromatic rings. The molecule has 0 fully saturated rings. The third-order valence-corrected chi connectivity index (χ3v) is 4.07. The predicted molar refractivity (Wildman–Crippen MR) is 94.1 cm³/mol. The van der Waals surface area contributed by atoms with Crippen molar-refractivity contribution in [2.24, 2.45) is 5.92 Å². The fourth-order valence-electron chi connectivity index (χ4n) is 2.43. The van der Waals surface area contributed by atoms with Crippen LogP contribution in [-0.4, -0.2) is 29.9 Å². The van der Waals surface area contributed by atoms with Crippen molar-refractivity contribution in [1.82, 2.24) is 10.2 Å². The molecule has 0 saturated heterocycles. The summed E-state index contributed by atoms with van der Waals surface area (Å²) in [4.78, 5) is 14.6. The van der Waals surface area contributed by atoms with E-state index in [2.05, 4.69) is 57.0 Å². The average Bonchev–Trinajstić information content (AvgIpc) is 2.51. The average molecular weight is 304 g/mol. The van der Waals surface area contributed by atoms with E-state index < -0.39 is 0 Å². The van der Waals surface area contributed by atoms with Crippen LogP contribution in [0.1, 0.15) is 63.4 Å². The first-order valence-electron chi connectivity index (χ1n) is 8.58. The summed E-state index contributed by atoms with van der Waals surface area (Å²) >= 11 is 0. The van der Waals surface area contributed by atoms with Crippen LogP contribution in [0.3, 0.4) is 0 Å². The third kappa shape index (κ3) is 6.61. The van der Waals surface area contributed by atoms with Gasteiger partial charge in [0.2, 0.25) is 0 Å². The first-order chi connectivity index (χ1) is 10.5. The molecule has 0 aliphatic heterocycles. The minimum atomic E-state index is 0.0330. The molecule has 22 heavy (non-hydrogen) atoms. The van der Waals surface area contributed by atoms with Crippen molar-refractivity contribution in [3.8, 4) is 0 Å². The number of nitrogens with zero attached hydrogens (tertiary/aromatic N) is 1. The van der Waals surface area contributed by atoms with Crippen LogP contribution < -0.4 is 5.32 Å². The lowest BCUT2D eigenvalue weighted by atomic mass is 10.0. The van der Waals surface area contributed by atoms with Crippen molar-refractivity contribution in [2.75, 3.05) is 13.1 Å². The van der Waals surface area contributed by atoms with E-state index >= 15 is 0 Å². The second-order valence-corrected chi connectivity index (χ2v) is 6.50. The molecule has 0 aliphatic rings. The van der Waals surface area contributed by atoms with Crippen molar-refractivity contribution in [3.05, 3.63) is 35.4 Å². The van der Waals surface area contributed by atoms with Crippen LogP contribution in [0, 0.1) is 5.92 Å². The van der Waals surface area contributed by atoms with Gasteiger partial charge < -0.3 is 5.32 Å². The number of carbonyl (C=O) groups is 1. The van der Waals surface area contributed by atoms with Gasteiger partial charge in [-0.05, 0) is 56.5 Å². The summed E-state index contributed by atoms with van der Waals surface area (Å²) in [6, 6.07) is 8.22. The van der Waals surface area contributed by atoms with Crippen LogP contribution in [-0.2, 0) is 6.54 Å². The van der Waals surface area contributed by atoms with E-state index in [0.717, 1.165) is 38.0 Å². The number of nitrogens with one attached hydrogen (secondary N) is 1. The minimum absolute atomic E-state index is 0.0330. The first-order valence-corrected chi connectivity index (χ1v) is 8.58. The van der Waals surface area contributed by atoms with Gasteiger partial charge in [-0.25, -0.2) is 0 Å². The zero-order valence-electron chi connectivity index (χ0n) is 14.9. The quantitative estimate of drug-likeness (QED) is 0.745. The number of hydrogen-bond donors (Lipinski definition) is 1. The zero-order valence-corrected chi connectivity index (χ0v) is 14.9. The van der Waals surface area contributed by atoms with E-state index in [9.17, 15) is 4.79 Å². The van der Waals surface area contributed by atoms with E-state index in [-0.39, 0.29) is 11.9 Å². The largest absolute Gasteiger partial charge is 0.350 e. The second-order valence-electron chi connectivity index (χ2n) is 6.50. The fourth-order valence-corrected chi connectivity index (χ4v) is 2.43. The third-order valence-electron chi connectivity index (χ3n) is 4.07. The Kier molecular flexibility index (Phi) is 8.18. The molecular formula is C19H32N2O. The van der Waals surface area contributed by atoms with E-state index in [0.29, 0.717) is 5.92 Å². The van der Waals surface area contributed by atoms with Crippen molar-refractivity contribution < 1.29 is 4.79 Å². The van der Waals surface area contributed by atoms with Crippen LogP contribution in [0.2, 0.25) is 0 Å². The first kappa shape index (κ1) is 18.7. The maximum Gasteiger partial charge on any atom is 0.251 e. The van der Waals surface area contributed by atoms with Gasteiger partial charge in [0, 0.05) is 18.2 Å². The summed E-state index contributed by atoms with van der Waals surface area (Å²) in [6.45, 7) is 13.9. The Labute approximate surface area is 136 Å². The van der Waals surface area contributed by atoms with Gasteiger partial charge in [0.1, 0.15) is 0 Å². The molecule has 0 unspecified atom stereocenters. The van der Waals surface area contributed by atoms with Crippen LogP contribution in [0.25, 0.3) is 0 Å². The summed E-state index contributed by atoms with van der Waals surface area (Å²) in [5.41, 5.74) is 2.01. The van der Waals surface area contributed by atoms with E-state index in [1.165, 1.54) is 5.56 Å². The van der Waals surface area contributed by atoms with Crippen molar-refractivity contribution in [3.63, 3.8) is 0 Å². The molecule has 0 bridgehead atoms. The monoisotopic (exact) mass is 304 g/mol. The molecule has 0 heterocycles. The maximum absolute atomic E-state index is 12.2. The van der Waals surface area contributed by atoms with Gasteiger partial charge in [-0.1, -0.05) is 39.8 Å². The second kappa shape index (κ2) is 9.62. The predicted octanol–water partition coefficient (Wildman–Crippen LogP) is 4.08. The van der Waals surface area contributed by atoms with Crippen LogP contribution in [0.4, 0.5) is 0 Å². The van der Waals surface area contributed by atoms with E-state index in [1.807, 2.05) is 12.1 Å². The normalized spacial score (nSPS) is 12.7. The minimum Gasteiger partial charge on any atom is -0.350 e. The lowest BCUT2D eigenvalue weighted by molar-refractivity contribution is 0.0937. The molecule has 0 radical (unpaired) electrons. The maximum atomic E-state index is 12.2. The summed E-state index contributed by atoms with van der Waals surface area (Å²) in [7, 11) is 0. The molecule has 3 nitrogen and oxygen atoms in total. The van der Waals surface area contributed by atoms with Gasteiger partial charge in [-0.15, -0.1) is 0 Å². The van der Waals surface area contributed by atoms with Gasteiger partial charge >= 0.3 is 0 Å². The summed E-state index contributed by atoms with van der Waals surface area (Å²) in [6.07, 6.45) is 2.17. The Morgan fingerprint density at radius 1 is 1.05 bits per heavy atom. The van der Waals surface area contributed by atoms with Gasteiger partial charge in [0.15, 0.2) is 0 Å². The SMILES string of the molecule is CCN(CC)Cc1ccc(C(=O)N[C@H](C)CCC(C)C)cc1. The van der Waals surface area contributed by atoms with Gasteiger partial charge in [0.25, 0.3) is 5.91 Å². The topological polar surface area (TPSA) is 32.3 Å². The number of rotatable bonds is 9. The zero-order chi connectivity index (χ0) is 16.5. The number of benzene rings is 1. The summed E-state index contributed by atoms with van der Waals surface area (Å²) in [5.74, 6) is 0.712. The number of carbonyl (C=O) groups excluding carboxylic acids is 1. The molecule has 124 valence electrons. The van der Waals surface area contributed by atoms with Gasteiger partial charge in [-0.2, -0.15) is 0 Å². The van der Waals surface area contributed by atoms with Gasteiger partial charge in [-0.3, -0.25) is 9.69 Å². The van der Waals surface area contributed by atoms with E-state index in [4.69, 9.17) is 0 Å². The molecule has 0 spiro atoms. The standard InChI is InChI=1S/C19H32N2O/c1-6-21(7-2)14-17-10-12-18(13-11-17)19(22)20-16(5)9-8-15(3)4/h10-13,15-16H,6-9,14H2,1-5H3,(H,20,22)/t16-/m1/s1. The highest BCUT2D eigenvalue weighted by atomic mass is 16.1. The lowest BCUT2D eigenvalue weighted by Crippen LogP contribution is -2.32. The Balaban J connectivity index is 2.53. The molecule has 1 amide bonds. The molecule has 0 aromatic heterocycles. The molecule has 3 heteroatoms. The molecule has 0 saturated carbocycles. The smallest absolute Gasteiger partial charge is 0.251 e. The summed E-state index contributed by atoms with van der Waals surface area (Å²) < 4.78 is 0.